The van der Waals surface area contributed by atoms with E-state index >= 15 is 0 Å². The molecule has 0 unspecified atom stereocenters. The first kappa shape index (κ1) is 15.3. The third-order valence-corrected chi connectivity index (χ3v) is 5.54. The van der Waals surface area contributed by atoms with Gasteiger partial charge in [-0.15, -0.1) is 5.10 Å². The van der Waals surface area contributed by atoms with Gasteiger partial charge in [0.25, 0.3) is 0 Å². The van der Waals surface area contributed by atoms with Crippen LogP contribution in [0.4, 0.5) is 5.82 Å². The van der Waals surface area contributed by atoms with E-state index in [1.807, 2.05) is 13.0 Å². The number of hydrogen-bond acceptors (Lipinski definition) is 5. The van der Waals surface area contributed by atoms with Gasteiger partial charge in [0, 0.05) is 31.7 Å². The smallest absolute Gasteiger partial charge is 0.151 e. The van der Waals surface area contributed by atoms with Crippen LogP contribution in [0.5, 0.6) is 0 Å². The summed E-state index contributed by atoms with van der Waals surface area (Å²) in [5, 5.41) is 8.60. The van der Waals surface area contributed by atoms with Crippen LogP contribution in [0.2, 0.25) is 0 Å². The van der Waals surface area contributed by atoms with Gasteiger partial charge in [-0.05, 0) is 57.1 Å². The van der Waals surface area contributed by atoms with E-state index in [1.54, 1.807) is 0 Å². The average Bonchev–Trinajstić information content (AvgIpc) is 3.39. The Bertz CT molecular complexity index is 532. The molecule has 0 amide bonds. The highest BCUT2D eigenvalue weighted by molar-refractivity contribution is 5.39. The zero-order chi connectivity index (χ0) is 15.7. The molecule has 3 fully saturated rings. The Morgan fingerprint density at radius 3 is 3.00 bits per heavy atom. The van der Waals surface area contributed by atoms with Crippen LogP contribution in [-0.4, -0.2) is 49.2 Å². The molecule has 1 aromatic rings. The lowest BCUT2D eigenvalue weighted by Gasteiger charge is -2.50. The topological polar surface area (TPSA) is 47.5 Å². The SMILES string of the molecule is Cc1ccc(N2CC[C@@H]3OCCC[C@@]3(COCC3CC3)C2)nn1. The van der Waals surface area contributed by atoms with Crippen molar-refractivity contribution in [3.63, 3.8) is 0 Å². The van der Waals surface area contributed by atoms with E-state index in [0.29, 0.717) is 6.10 Å². The summed E-state index contributed by atoms with van der Waals surface area (Å²) < 4.78 is 12.2. The van der Waals surface area contributed by atoms with Gasteiger partial charge in [-0.25, -0.2) is 0 Å². The summed E-state index contributed by atoms with van der Waals surface area (Å²) in [4.78, 5) is 2.37. The summed E-state index contributed by atoms with van der Waals surface area (Å²) in [6.45, 7) is 6.60. The Kier molecular flexibility index (Phi) is 4.24. The summed E-state index contributed by atoms with van der Waals surface area (Å²) in [5.41, 5.74) is 1.09. The maximum Gasteiger partial charge on any atom is 0.151 e. The molecule has 0 radical (unpaired) electrons. The highest BCUT2D eigenvalue weighted by Crippen LogP contribution is 2.42. The molecule has 1 saturated carbocycles. The molecule has 3 heterocycles. The number of piperidine rings is 1. The minimum atomic E-state index is 0.123. The summed E-state index contributed by atoms with van der Waals surface area (Å²) in [7, 11) is 0. The van der Waals surface area contributed by atoms with Crippen LogP contribution >= 0.6 is 0 Å². The molecule has 126 valence electrons. The van der Waals surface area contributed by atoms with E-state index in [1.165, 1.54) is 19.3 Å². The number of aryl methyl sites for hydroxylation is 1. The normalized spacial score (nSPS) is 31.0. The zero-order valence-electron chi connectivity index (χ0n) is 14.0. The number of nitrogens with zero attached hydrogens (tertiary/aromatic N) is 3. The van der Waals surface area contributed by atoms with Crippen molar-refractivity contribution in [2.75, 3.05) is 37.8 Å². The number of fused-ring (bicyclic) bond motifs is 1. The second-order valence-corrected chi connectivity index (χ2v) is 7.53. The maximum atomic E-state index is 6.12. The lowest BCUT2D eigenvalue weighted by atomic mass is 9.73. The van der Waals surface area contributed by atoms with Crippen LogP contribution in [-0.2, 0) is 9.47 Å². The van der Waals surface area contributed by atoms with Gasteiger partial charge >= 0.3 is 0 Å². The van der Waals surface area contributed by atoms with Crippen molar-refractivity contribution in [1.29, 1.82) is 0 Å². The summed E-state index contributed by atoms with van der Waals surface area (Å²) >= 11 is 0. The first-order valence-corrected chi connectivity index (χ1v) is 9.00. The minimum Gasteiger partial charge on any atom is -0.380 e. The molecule has 2 atom stereocenters. The molecule has 5 heteroatoms. The molecule has 3 aliphatic rings. The van der Waals surface area contributed by atoms with Crippen LogP contribution in [0.1, 0.15) is 37.8 Å². The van der Waals surface area contributed by atoms with E-state index in [2.05, 4.69) is 21.2 Å². The van der Waals surface area contributed by atoms with Gasteiger partial charge in [-0.3, -0.25) is 0 Å². The number of aromatic nitrogens is 2. The van der Waals surface area contributed by atoms with Gasteiger partial charge in [0.15, 0.2) is 5.82 Å². The number of anilines is 1. The number of hydrogen-bond donors (Lipinski definition) is 0. The van der Waals surface area contributed by atoms with E-state index in [0.717, 1.165) is 63.2 Å². The first-order chi connectivity index (χ1) is 11.3. The second-order valence-electron chi connectivity index (χ2n) is 7.53. The van der Waals surface area contributed by atoms with E-state index in [4.69, 9.17) is 9.47 Å². The van der Waals surface area contributed by atoms with Crippen molar-refractivity contribution in [1.82, 2.24) is 10.2 Å². The maximum absolute atomic E-state index is 6.12. The van der Waals surface area contributed by atoms with Crippen LogP contribution in [0, 0.1) is 18.3 Å². The summed E-state index contributed by atoms with van der Waals surface area (Å²) in [5.74, 6) is 1.80. The lowest BCUT2D eigenvalue weighted by molar-refractivity contribution is -0.126. The minimum absolute atomic E-state index is 0.123. The first-order valence-electron chi connectivity index (χ1n) is 9.00. The molecule has 4 rings (SSSR count). The van der Waals surface area contributed by atoms with Crippen LogP contribution in [0.3, 0.4) is 0 Å². The van der Waals surface area contributed by atoms with Crippen LogP contribution in [0.25, 0.3) is 0 Å². The predicted octanol–water partition coefficient (Wildman–Crippen LogP) is 2.59. The third kappa shape index (κ3) is 3.36. The lowest BCUT2D eigenvalue weighted by Crippen LogP contribution is -2.57. The van der Waals surface area contributed by atoms with Crippen LogP contribution in [0.15, 0.2) is 12.1 Å². The Balaban J connectivity index is 1.47. The van der Waals surface area contributed by atoms with Crippen molar-refractivity contribution in [3.8, 4) is 0 Å². The van der Waals surface area contributed by atoms with Gasteiger partial charge < -0.3 is 14.4 Å². The van der Waals surface area contributed by atoms with Crippen molar-refractivity contribution in [2.24, 2.45) is 11.3 Å². The molecule has 1 aliphatic carbocycles. The quantitative estimate of drug-likeness (QED) is 0.835. The monoisotopic (exact) mass is 317 g/mol. The molecule has 1 aromatic heterocycles. The van der Waals surface area contributed by atoms with Gasteiger partial charge in [-0.1, -0.05) is 0 Å². The highest BCUT2D eigenvalue weighted by Gasteiger charge is 2.46. The Labute approximate surface area is 138 Å². The van der Waals surface area contributed by atoms with Gasteiger partial charge in [-0.2, -0.15) is 5.10 Å². The molecule has 23 heavy (non-hydrogen) atoms. The molecular formula is C18H27N3O2. The molecule has 0 spiro atoms. The molecule has 0 bridgehead atoms. The Morgan fingerprint density at radius 2 is 2.22 bits per heavy atom. The van der Waals surface area contributed by atoms with Crippen molar-refractivity contribution < 1.29 is 9.47 Å². The fourth-order valence-electron chi connectivity index (χ4n) is 3.97. The number of ether oxygens (including phenoxy) is 2. The van der Waals surface area contributed by atoms with Crippen molar-refractivity contribution in [2.45, 2.75) is 45.1 Å². The third-order valence-electron chi connectivity index (χ3n) is 5.54. The summed E-state index contributed by atoms with van der Waals surface area (Å²) in [6, 6.07) is 4.13. The molecule has 5 nitrogen and oxygen atoms in total. The zero-order valence-corrected chi connectivity index (χ0v) is 14.0. The fraction of sp³-hybridized carbons (Fsp3) is 0.778. The van der Waals surface area contributed by atoms with Crippen LogP contribution < -0.4 is 4.90 Å². The molecule has 0 aromatic carbocycles. The average molecular weight is 317 g/mol. The van der Waals surface area contributed by atoms with E-state index in [9.17, 15) is 0 Å². The van der Waals surface area contributed by atoms with Gasteiger partial charge in [0.2, 0.25) is 0 Å². The van der Waals surface area contributed by atoms with E-state index in [-0.39, 0.29) is 5.41 Å². The predicted molar refractivity (Wildman–Crippen MR) is 88.5 cm³/mol. The van der Waals surface area contributed by atoms with Crippen molar-refractivity contribution >= 4 is 5.82 Å². The number of rotatable bonds is 5. The largest absolute Gasteiger partial charge is 0.380 e. The summed E-state index contributed by atoms with van der Waals surface area (Å²) in [6.07, 6.45) is 6.41. The van der Waals surface area contributed by atoms with Gasteiger partial charge in [0.1, 0.15) is 0 Å². The van der Waals surface area contributed by atoms with Gasteiger partial charge in [0.05, 0.1) is 18.4 Å². The Morgan fingerprint density at radius 1 is 1.30 bits per heavy atom. The standard InChI is InChI=1S/C18H27N3O2/c1-14-3-6-17(20-19-14)21-9-7-16-18(12-21,8-2-10-23-16)13-22-11-15-4-5-15/h3,6,15-16H,2,4-5,7-13H2,1H3/t16-,18-/m0/s1. The highest BCUT2D eigenvalue weighted by atomic mass is 16.5. The second kappa shape index (κ2) is 6.36. The molecule has 2 saturated heterocycles. The Hall–Kier alpha value is -1.20. The molecular weight excluding hydrogens is 290 g/mol. The van der Waals surface area contributed by atoms with Crippen molar-refractivity contribution in [3.05, 3.63) is 17.8 Å². The molecule has 0 N–H and O–H groups in total. The molecule has 2 aliphatic heterocycles. The fourth-order valence-corrected chi connectivity index (χ4v) is 3.97. The van der Waals surface area contributed by atoms with E-state index < -0.39 is 0 Å².